The molecule has 1 aromatic rings. The molecule has 2 rings (SSSR count). The van der Waals surface area contributed by atoms with Crippen molar-refractivity contribution in [3.8, 4) is 0 Å². The maximum absolute atomic E-state index is 11.5. The average Bonchev–Trinajstić information content (AvgIpc) is 2.69. The lowest BCUT2D eigenvalue weighted by atomic mass is 10.0. The lowest BCUT2D eigenvalue weighted by Crippen LogP contribution is -2.51. The van der Waals surface area contributed by atoms with Gasteiger partial charge in [-0.1, -0.05) is 26.0 Å². The van der Waals surface area contributed by atoms with Crippen molar-refractivity contribution in [3.63, 3.8) is 0 Å². The van der Waals surface area contributed by atoms with Crippen molar-refractivity contribution in [3.05, 3.63) is 29.8 Å². The van der Waals surface area contributed by atoms with Crippen LogP contribution >= 0.6 is 0 Å². The molecular formula is C21H36N4O3S. The summed E-state index contributed by atoms with van der Waals surface area (Å²) in [5.41, 5.74) is 1.09. The molecule has 0 amide bonds. The Morgan fingerprint density at radius 1 is 1.17 bits per heavy atom. The number of morpholine rings is 1. The fourth-order valence-electron chi connectivity index (χ4n) is 3.51. The van der Waals surface area contributed by atoms with Crippen molar-refractivity contribution in [2.75, 3.05) is 52.7 Å². The third-order valence-electron chi connectivity index (χ3n) is 5.09. The van der Waals surface area contributed by atoms with Gasteiger partial charge in [0.2, 0.25) is 0 Å². The molecule has 2 N–H and O–H groups in total. The molecule has 1 unspecified atom stereocenters. The summed E-state index contributed by atoms with van der Waals surface area (Å²) in [6.07, 6.45) is 3.16. The topological polar surface area (TPSA) is 83.0 Å². The van der Waals surface area contributed by atoms with Crippen molar-refractivity contribution in [2.45, 2.75) is 37.6 Å². The number of hydrogen-bond donors (Lipinski definition) is 2. The summed E-state index contributed by atoms with van der Waals surface area (Å²) in [6, 6.07) is 7.52. The van der Waals surface area contributed by atoms with E-state index in [0.717, 1.165) is 63.8 Å². The number of benzene rings is 1. The van der Waals surface area contributed by atoms with E-state index in [1.807, 2.05) is 12.1 Å². The number of nitrogens with zero attached hydrogens (tertiary/aromatic N) is 2. The maximum atomic E-state index is 11.5. The minimum absolute atomic E-state index is 0.353. The van der Waals surface area contributed by atoms with Crippen LogP contribution in [0.15, 0.2) is 34.2 Å². The number of ether oxygens (including phenoxy) is 1. The van der Waals surface area contributed by atoms with Crippen molar-refractivity contribution in [2.24, 2.45) is 10.9 Å². The summed E-state index contributed by atoms with van der Waals surface area (Å²) in [7, 11) is -1.37. The lowest BCUT2D eigenvalue weighted by Gasteiger charge is -2.35. The molecule has 1 heterocycles. The molecule has 0 radical (unpaired) electrons. The summed E-state index contributed by atoms with van der Waals surface area (Å²) >= 11 is 0. The predicted octanol–water partition coefficient (Wildman–Crippen LogP) is 1.54. The highest BCUT2D eigenvalue weighted by molar-refractivity contribution is 7.90. The van der Waals surface area contributed by atoms with Crippen LogP contribution in [0.2, 0.25) is 0 Å². The number of sulfone groups is 1. The van der Waals surface area contributed by atoms with Crippen LogP contribution in [-0.4, -0.2) is 78.0 Å². The number of hydrogen-bond acceptors (Lipinski definition) is 5. The average molecular weight is 425 g/mol. The smallest absolute Gasteiger partial charge is 0.191 e. The maximum Gasteiger partial charge on any atom is 0.191 e. The second kappa shape index (κ2) is 11.5. The Kier molecular flexibility index (Phi) is 9.39. The zero-order chi connectivity index (χ0) is 21.3. The molecule has 29 heavy (non-hydrogen) atoms. The Labute approximate surface area is 175 Å². The van der Waals surface area contributed by atoms with E-state index in [2.05, 4.69) is 34.4 Å². The number of nitrogens with one attached hydrogen (secondary N) is 2. The molecule has 0 bridgehead atoms. The van der Waals surface area contributed by atoms with Gasteiger partial charge in [0.05, 0.1) is 18.1 Å². The molecule has 1 atom stereocenters. The first kappa shape index (κ1) is 23.6. The first-order valence-electron chi connectivity index (χ1n) is 10.3. The van der Waals surface area contributed by atoms with Gasteiger partial charge in [-0.3, -0.25) is 9.89 Å². The van der Waals surface area contributed by atoms with Crippen molar-refractivity contribution >= 4 is 15.8 Å². The molecule has 1 saturated heterocycles. The molecular weight excluding hydrogens is 388 g/mol. The Bertz CT molecular complexity index is 742. The highest BCUT2D eigenvalue weighted by Gasteiger charge is 2.22. The van der Waals surface area contributed by atoms with E-state index in [9.17, 15) is 8.42 Å². The Balaban J connectivity index is 1.81. The molecule has 1 fully saturated rings. The van der Waals surface area contributed by atoms with Gasteiger partial charge in [-0.05, 0) is 36.5 Å². The van der Waals surface area contributed by atoms with Gasteiger partial charge in [-0.2, -0.15) is 0 Å². The van der Waals surface area contributed by atoms with E-state index in [1.54, 1.807) is 19.2 Å². The zero-order valence-corrected chi connectivity index (χ0v) is 19.0. The molecule has 8 heteroatoms. The Hall–Kier alpha value is -1.64. The van der Waals surface area contributed by atoms with Crippen molar-refractivity contribution < 1.29 is 13.2 Å². The van der Waals surface area contributed by atoms with Gasteiger partial charge in [0.1, 0.15) is 0 Å². The van der Waals surface area contributed by atoms with Crippen LogP contribution in [0.25, 0.3) is 0 Å². The van der Waals surface area contributed by atoms with Gasteiger partial charge in [0.25, 0.3) is 0 Å². The Morgan fingerprint density at radius 2 is 1.83 bits per heavy atom. The summed E-state index contributed by atoms with van der Waals surface area (Å²) in [6.45, 7) is 9.67. The summed E-state index contributed by atoms with van der Waals surface area (Å²) in [4.78, 5) is 7.19. The standard InChI is InChI=1S/C21H36N4O3S/c1-17(2)15-19(25-11-13-28-14-12-25)16-24-21(22-3)23-10-9-18-5-7-20(8-6-18)29(4,26)27/h5-8,17,19H,9-16H2,1-4H3,(H2,22,23,24). The second-order valence-electron chi connectivity index (χ2n) is 7.98. The van der Waals surface area contributed by atoms with Crippen LogP contribution < -0.4 is 10.6 Å². The lowest BCUT2D eigenvalue weighted by molar-refractivity contribution is 0.0132. The van der Waals surface area contributed by atoms with Gasteiger partial charge in [0, 0.05) is 45.5 Å². The zero-order valence-electron chi connectivity index (χ0n) is 18.1. The SMILES string of the molecule is CN=C(NCCc1ccc(S(C)(=O)=O)cc1)NCC(CC(C)C)N1CCOCC1. The minimum Gasteiger partial charge on any atom is -0.379 e. The van der Waals surface area contributed by atoms with Crippen LogP contribution in [0.3, 0.4) is 0 Å². The van der Waals surface area contributed by atoms with Crippen molar-refractivity contribution in [1.82, 2.24) is 15.5 Å². The van der Waals surface area contributed by atoms with Crippen LogP contribution in [0.5, 0.6) is 0 Å². The third-order valence-corrected chi connectivity index (χ3v) is 6.22. The minimum atomic E-state index is -3.15. The fraction of sp³-hybridized carbons (Fsp3) is 0.667. The van der Waals surface area contributed by atoms with Gasteiger partial charge in [0.15, 0.2) is 15.8 Å². The molecule has 1 aliphatic rings. The summed E-state index contributed by atoms with van der Waals surface area (Å²) in [5, 5.41) is 6.82. The molecule has 7 nitrogen and oxygen atoms in total. The normalized spacial score (nSPS) is 17.3. The monoisotopic (exact) mass is 424 g/mol. The largest absolute Gasteiger partial charge is 0.379 e. The molecule has 164 valence electrons. The first-order valence-corrected chi connectivity index (χ1v) is 12.2. The first-order chi connectivity index (χ1) is 13.8. The molecule has 1 aliphatic heterocycles. The predicted molar refractivity (Wildman–Crippen MR) is 118 cm³/mol. The molecule has 0 saturated carbocycles. The Morgan fingerprint density at radius 3 is 2.38 bits per heavy atom. The number of guanidine groups is 1. The highest BCUT2D eigenvalue weighted by atomic mass is 32.2. The molecule has 1 aromatic carbocycles. The highest BCUT2D eigenvalue weighted by Crippen LogP contribution is 2.13. The van der Waals surface area contributed by atoms with Crippen LogP contribution in [-0.2, 0) is 21.0 Å². The van der Waals surface area contributed by atoms with Crippen LogP contribution in [0, 0.1) is 5.92 Å². The number of rotatable bonds is 9. The fourth-order valence-corrected chi connectivity index (χ4v) is 4.14. The van der Waals surface area contributed by atoms with Gasteiger partial charge in [-0.15, -0.1) is 0 Å². The van der Waals surface area contributed by atoms with E-state index >= 15 is 0 Å². The van der Waals surface area contributed by atoms with E-state index in [4.69, 9.17) is 4.74 Å². The van der Waals surface area contributed by atoms with Gasteiger partial charge in [-0.25, -0.2) is 8.42 Å². The van der Waals surface area contributed by atoms with Crippen LogP contribution in [0.4, 0.5) is 0 Å². The van der Waals surface area contributed by atoms with Crippen LogP contribution in [0.1, 0.15) is 25.8 Å². The van der Waals surface area contributed by atoms with Gasteiger partial charge < -0.3 is 15.4 Å². The van der Waals surface area contributed by atoms with E-state index in [1.165, 1.54) is 6.26 Å². The summed E-state index contributed by atoms with van der Waals surface area (Å²) < 4.78 is 28.6. The van der Waals surface area contributed by atoms with E-state index < -0.39 is 9.84 Å². The van der Waals surface area contributed by atoms with E-state index in [0.29, 0.717) is 16.9 Å². The second-order valence-corrected chi connectivity index (χ2v) is 9.99. The molecule has 0 spiro atoms. The van der Waals surface area contributed by atoms with Gasteiger partial charge >= 0.3 is 0 Å². The number of aliphatic imine (C=N–C) groups is 1. The quantitative estimate of drug-likeness (QED) is 0.462. The molecule has 0 aliphatic carbocycles. The molecule has 0 aromatic heterocycles. The summed E-state index contributed by atoms with van der Waals surface area (Å²) in [5.74, 6) is 1.43. The third kappa shape index (κ3) is 8.32. The van der Waals surface area contributed by atoms with Crippen molar-refractivity contribution in [1.29, 1.82) is 0 Å². The van der Waals surface area contributed by atoms with E-state index in [-0.39, 0.29) is 0 Å².